The lowest BCUT2D eigenvalue weighted by atomic mass is 9.92. The van der Waals surface area contributed by atoms with Crippen LogP contribution in [0.25, 0.3) is 31.6 Å². The van der Waals surface area contributed by atoms with E-state index >= 15 is 0 Å². The van der Waals surface area contributed by atoms with E-state index in [1.807, 2.05) is 61.5 Å². The van der Waals surface area contributed by atoms with Crippen molar-refractivity contribution in [3.63, 3.8) is 0 Å². The number of halogens is 1. The molecule has 0 saturated carbocycles. The second-order valence-electron chi connectivity index (χ2n) is 10.9. The summed E-state index contributed by atoms with van der Waals surface area (Å²) in [5, 5.41) is 16.3. The van der Waals surface area contributed by atoms with Gasteiger partial charge in [0.1, 0.15) is 10.8 Å². The van der Waals surface area contributed by atoms with Crippen LogP contribution in [0.4, 0.5) is 17.1 Å². The molecule has 1 aliphatic rings. The molecule has 0 aliphatic carbocycles. The van der Waals surface area contributed by atoms with E-state index in [4.69, 9.17) is 22.3 Å². The topological polar surface area (TPSA) is 109 Å². The number of rotatable bonds is 5. The number of hydrogen-bond donors (Lipinski definition) is 3. The van der Waals surface area contributed by atoms with Crippen molar-refractivity contribution < 1.29 is 14.7 Å². The maximum atomic E-state index is 13.9. The third kappa shape index (κ3) is 4.82. The predicted molar refractivity (Wildman–Crippen MR) is 179 cm³/mol. The van der Waals surface area contributed by atoms with Gasteiger partial charge in [-0.05, 0) is 90.2 Å². The fourth-order valence-corrected chi connectivity index (χ4v) is 7.15. The highest BCUT2D eigenvalue weighted by atomic mass is 35.5. The first kappa shape index (κ1) is 27.9. The number of anilines is 3. The largest absolute Gasteiger partial charge is 0.507 e. The number of alkyl halides is 1. The number of aromatic hydroxyl groups is 1. The average Bonchev–Trinajstić information content (AvgIpc) is 3.63. The van der Waals surface area contributed by atoms with Crippen molar-refractivity contribution in [3.05, 3.63) is 113 Å². The zero-order chi connectivity index (χ0) is 30.5. The highest BCUT2D eigenvalue weighted by molar-refractivity contribution is 7.21. The number of thiazole rings is 1. The first-order valence-electron chi connectivity index (χ1n) is 14.1. The van der Waals surface area contributed by atoms with Gasteiger partial charge in [0.25, 0.3) is 11.8 Å². The van der Waals surface area contributed by atoms with Gasteiger partial charge in [0, 0.05) is 57.9 Å². The van der Waals surface area contributed by atoms with Gasteiger partial charge in [-0.15, -0.1) is 22.9 Å². The molecule has 218 valence electrons. The molecular formula is C35H27ClN4O3S. The number of aromatic nitrogens is 1. The number of nitrogen functional groups attached to an aromatic ring is 1. The molecule has 0 fully saturated rings. The number of carbonyl (C=O) groups excluding carboxylic acids is 2. The molecule has 1 aromatic heterocycles. The van der Waals surface area contributed by atoms with Crippen molar-refractivity contribution in [2.24, 2.45) is 0 Å². The van der Waals surface area contributed by atoms with E-state index < -0.39 is 0 Å². The van der Waals surface area contributed by atoms with Gasteiger partial charge < -0.3 is 21.1 Å². The lowest BCUT2D eigenvalue weighted by Crippen LogP contribution is -2.30. The van der Waals surface area contributed by atoms with Crippen LogP contribution >= 0.6 is 22.9 Å². The van der Waals surface area contributed by atoms with E-state index in [9.17, 15) is 14.7 Å². The number of phenolic OH excluding ortho intramolecular Hbond substituents is 1. The Morgan fingerprint density at radius 1 is 1.02 bits per heavy atom. The van der Waals surface area contributed by atoms with E-state index in [0.717, 1.165) is 42.7 Å². The van der Waals surface area contributed by atoms with Crippen molar-refractivity contribution in [3.8, 4) is 16.3 Å². The lowest BCUT2D eigenvalue weighted by Gasteiger charge is -2.19. The van der Waals surface area contributed by atoms with Crippen molar-refractivity contribution in [1.29, 1.82) is 0 Å². The SMILES string of the molecule is Cc1cccc2c(O)cc3c(c12)[C@H](CCl)CN3C(=O)c1ccc2nc(-c3ccc(NC(=O)c4ccc(N)cc4)cc3)sc2c1. The molecule has 0 unspecified atom stereocenters. The highest BCUT2D eigenvalue weighted by Crippen LogP contribution is 2.46. The average molecular weight is 619 g/mol. The molecule has 5 aromatic carbocycles. The Balaban J connectivity index is 1.15. The van der Waals surface area contributed by atoms with E-state index in [2.05, 4.69) is 5.32 Å². The predicted octanol–water partition coefficient (Wildman–Crippen LogP) is 7.95. The first-order valence-corrected chi connectivity index (χ1v) is 15.5. The summed E-state index contributed by atoms with van der Waals surface area (Å²) >= 11 is 7.92. The van der Waals surface area contributed by atoms with Crippen LogP contribution in [0.2, 0.25) is 0 Å². The van der Waals surface area contributed by atoms with Crippen LogP contribution in [0.1, 0.15) is 37.8 Å². The number of nitrogens with zero attached hydrogens (tertiary/aromatic N) is 2. The number of nitrogens with one attached hydrogen (secondary N) is 1. The minimum absolute atomic E-state index is 0.0437. The maximum absolute atomic E-state index is 13.9. The van der Waals surface area contributed by atoms with Gasteiger partial charge in [-0.3, -0.25) is 9.59 Å². The van der Waals surface area contributed by atoms with E-state index in [1.165, 1.54) is 11.3 Å². The van der Waals surface area contributed by atoms with Gasteiger partial charge >= 0.3 is 0 Å². The minimum atomic E-state index is -0.216. The monoisotopic (exact) mass is 618 g/mol. The van der Waals surface area contributed by atoms with Crippen molar-refractivity contribution >= 4 is 72.8 Å². The standard InChI is InChI=1S/C35H27ClN4O3S/c1-19-3-2-4-26-29(41)16-28-32(31(19)26)23(17-36)18-40(28)35(43)22-9-14-27-30(15-22)44-34(39-27)21-7-12-25(13-8-21)38-33(42)20-5-10-24(37)11-6-20/h2-16,23,41H,17-18,37H2,1H3,(H,38,42)/t23-/m1/s1. The summed E-state index contributed by atoms with van der Waals surface area (Å²) in [6, 6.07) is 27.3. The zero-order valence-electron chi connectivity index (χ0n) is 23.7. The van der Waals surface area contributed by atoms with Gasteiger partial charge in [-0.25, -0.2) is 4.98 Å². The summed E-state index contributed by atoms with van der Waals surface area (Å²) in [5.74, 6) is 0.105. The molecule has 1 atom stereocenters. The molecule has 0 radical (unpaired) electrons. The second kappa shape index (κ2) is 11.0. The third-order valence-electron chi connectivity index (χ3n) is 8.10. The molecular weight excluding hydrogens is 592 g/mol. The van der Waals surface area contributed by atoms with Crippen molar-refractivity contribution in [2.75, 3.05) is 28.4 Å². The van der Waals surface area contributed by atoms with E-state index in [-0.39, 0.29) is 23.5 Å². The van der Waals surface area contributed by atoms with Gasteiger partial charge in [0.05, 0.1) is 15.9 Å². The van der Waals surface area contributed by atoms with E-state index in [0.29, 0.717) is 40.6 Å². The van der Waals surface area contributed by atoms with Crippen molar-refractivity contribution in [1.82, 2.24) is 4.98 Å². The molecule has 1 aliphatic heterocycles. The molecule has 44 heavy (non-hydrogen) atoms. The number of nitrogens with two attached hydrogens (primary N) is 1. The summed E-state index contributed by atoms with van der Waals surface area (Å²) < 4.78 is 0.886. The minimum Gasteiger partial charge on any atom is -0.507 e. The lowest BCUT2D eigenvalue weighted by molar-refractivity contribution is 0.0987. The number of fused-ring (bicyclic) bond motifs is 4. The molecule has 7 rings (SSSR count). The molecule has 2 amide bonds. The summed E-state index contributed by atoms with van der Waals surface area (Å²) in [6.07, 6.45) is 0. The molecule has 7 nitrogen and oxygen atoms in total. The molecule has 9 heteroatoms. The summed E-state index contributed by atoms with van der Waals surface area (Å²) in [7, 11) is 0. The number of phenols is 1. The van der Waals surface area contributed by atoms with Crippen LogP contribution in [-0.2, 0) is 0 Å². The Bertz CT molecular complexity index is 2090. The molecule has 0 bridgehead atoms. The molecule has 6 aromatic rings. The van der Waals surface area contributed by atoms with Gasteiger partial charge in [-0.2, -0.15) is 0 Å². The van der Waals surface area contributed by atoms with Gasteiger partial charge in [0.15, 0.2) is 0 Å². The quantitative estimate of drug-likeness (QED) is 0.134. The fourth-order valence-electron chi connectivity index (χ4n) is 5.89. The molecule has 2 heterocycles. The van der Waals surface area contributed by atoms with Crippen LogP contribution < -0.4 is 16.0 Å². The highest BCUT2D eigenvalue weighted by Gasteiger charge is 2.35. The van der Waals surface area contributed by atoms with E-state index in [1.54, 1.807) is 41.3 Å². The third-order valence-corrected chi connectivity index (χ3v) is 9.54. The van der Waals surface area contributed by atoms with Crippen LogP contribution in [0.5, 0.6) is 5.75 Å². The zero-order valence-corrected chi connectivity index (χ0v) is 25.2. The Kier molecular flexibility index (Phi) is 6.95. The number of amides is 2. The fraction of sp³-hybridized carbons (Fsp3) is 0.114. The summed E-state index contributed by atoms with van der Waals surface area (Å²) in [5.41, 5.74) is 12.5. The summed E-state index contributed by atoms with van der Waals surface area (Å²) in [6.45, 7) is 2.45. The number of hydrogen-bond acceptors (Lipinski definition) is 6. The van der Waals surface area contributed by atoms with Crippen LogP contribution in [0, 0.1) is 6.92 Å². The number of carbonyl (C=O) groups is 2. The summed E-state index contributed by atoms with van der Waals surface area (Å²) in [4.78, 5) is 33.0. The van der Waals surface area contributed by atoms with Crippen LogP contribution in [0.3, 0.4) is 0 Å². The maximum Gasteiger partial charge on any atom is 0.258 e. The van der Waals surface area contributed by atoms with Crippen LogP contribution in [-0.4, -0.2) is 34.3 Å². The van der Waals surface area contributed by atoms with Crippen LogP contribution in [0.15, 0.2) is 91.0 Å². The molecule has 0 spiro atoms. The number of benzene rings is 5. The molecule has 4 N–H and O–H groups in total. The Hall–Kier alpha value is -4.92. The van der Waals surface area contributed by atoms with Gasteiger partial charge in [0.2, 0.25) is 0 Å². The van der Waals surface area contributed by atoms with Crippen molar-refractivity contribution in [2.45, 2.75) is 12.8 Å². The first-order chi connectivity index (χ1) is 21.3. The Morgan fingerprint density at radius 2 is 1.77 bits per heavy atom. The molecule has 0 saturated heterocycles. The normalized spacial score (nSPS) is 14.2. The second-order valence-corrected chi connectivity index (χ2v) is 12.3. The Morgan fingerprint density at radius 3 is 2.52 bits per heavy atom. The smallest absolute Gasteiger partial charge is 0.258 e. The van der Waals surface area contributed by atoms with Gasteiger partial charge in [-0.1, -0.05) is 18.2 Å². The number of aryl methyl sites for hydroxylation is 1. The Labute approximate surface area is 262 Å².